The van der Waals surface area contributed by atoms with Gasteiger partial charge in [-0.2, -0.15) is 4.91 Å². The van der Waals surface area contributed by atoms with Gasteiger partial charge in [0.25, 0.3) is 0 Å². The zero-order valence-electron chi connectivity index (χ0n) is 6.83. The summed E-state index contributed by atoms with van der Waals surface area (Å²) in [5.41, 5.74) is 0. The molecule has 0 rings (SSSR count). The van der Waals surface area contributed by atoms with Gasteiger partial charge in [0.15, 0.2) is 0 Å². The molecule has 0 saturated carbocycles. The predicted octanol–water partition coefficient (Wildman–Crippen LogP) is 1.67. The second-order valence-corrected chi connectivity index (χ2v) is 2.72. The van der Waals surface area contributed by atoms with E-state index in [1.54, 1.807) is 7.11 Å². The fraction of sp³-hybridized carbons (Fsp3) is 1.00. The molecule has 0 aliphatic heterocycles. The first-order chi connectivity index (χ1) is 4.72. The molecule has 0 fully saturated rings. The van der Waals surface area contributed by atoms with Gasteiger partial charge in [-0.1, -0.05) is 19.0 Å². The molecule has 0 aromatic carbocycles. The predicted molar refractivity (Wildman–Crippen MR) is 40.9 cm³/mol. The molecule has 0 saturated heterocycles. The normalized spacial score (nSPS) is 16.3. The van der Waals surface area contributed by atoms with Crippen LogP contribution in [0.3, 0.4) is 0 Å². The molecule has 3 heteroatoms. The molecular formula is C7H15NO2. The Hall–Kier alpha value is -0.440. The fourth-order valence-electron chi connectivity index (χ4n) is 0.725. The van der Waals surface area contributed by atoms with Crippen LogP contribution in [-0.4, -0.2) is 20.3 Å². The van der Waals surface area contributed by atoms with Crippen LogP contribution in [-0.2, 0) is 4.74 Å². The van der Waals surface area contributed by atoms with Crippen LogP contribution in [0.1, 0.15) is 13.8 Å². The van der Waals surface area contributed by atoms with E-state index in [1.807, 2.05) is 6.92 Å². The van der Waals surface area contributed by atoms with Crippen LogP contribution in [0.2, 0.25) is 0 Å². The van der Waals surface area contributed by atoms with Crippen molar-refractivity contribution >= 4 is 0 Å². The molecule has 10 heavy (non-hydrogen) atoms. The highest BCUT2D eigenvalue weighted by molar-refractivity contribution is 4.62. The number of nitrogens with zero attached hydrogens (tertiary/aromatic N) is 1. The van der Waals surface area contributed by atoms with E-state index >= 15 is 0 Å². The van der Waals surface area contributed by atoms with Crippen molar-refractivity contribution in [2.45, 2.75) is 13.8 Å². The zero-order valence-corrected chi connectivity index (χ0v) is 6.83. The number of rotatable bonds is 5. The van der Waals surface area contributed by atoms with Gasteiger partial charge in [0.1, 0.15) is 0 Å². The third-order valence-electron chi connectivity index (χ3n) is 1.76. The molecule has 60 valence electrons. The SMILES string of the molecule is COC[C@@H](C)[C@H](C)CN=O. The summed E-state index contributed by atoms with van der Waals surface area (Å²) in [7, 11) is 1.66. The third-order valence-corrected chi connectivity index (χ3v) is 1.76. The van der Waals surface area contributed by atoms with Crippen molar-refractivity contribution in [1.29, 1.82) is 0 Å². The molecule has 0 aliphatic carbocycles. The molecule has 0 amide bonds. The molecule has 0 aliphatic rings. The van der Waals surface area contributed by atoms with Gasteiger partial charge in [-0.25, -0.2) is 0 Å². The minimum atomic E-state index is 0.331. The number of methoxy groups -OCH3 is 1. The van der Waals surface area contributed by atoms with Gasteiger partial charge in [-0.15, -0.1) is 0 Å². The first kappa shape index (κ1) is 9.56. The Balaban J connectivity index is 3.47. The Morgan fingerprint density at radius 3 is 2.40 bits per heavy atom. The van der Waals surface area contributed by atoms with E-state index in [1.165, 1.54) is 0 Å². The molecule has 0 N–H and O–H groups in total. The number of hydrogen-bond donors (Lipinski definition) is 0. The summed E-state index contributed by atoms with van der Waals surface area (Å²) in [6.07, 6.45) is 0. The van der Waals surface area contributed by atoms with Crippen molar-refractivity contribution in [3.63, 3.8) is 0 Å². The average molecular weight is 145 g/mol. The zero-order chi connectivity index (χ0) is 7.98. The Bertz CT molecular complexity index is 95.6. The highest BCUT2D eigenvalue weighted by Crippen LogP contribution is 2.10. The lowest BCUT2D eigenvalue weighted by molar-refractivity contribution is 0.136. The summed E-state index contributed by atoms with van der Waals surface area (Å²) in [5, 5.41) is 2.83. The molecule has 2 atom stereocenters. The van der Waals surface area contributed by atoms with Gasteiger partial charge in [-0.3, -0.25) is 0 Å². The van der Waals surface area contributed by atoms with Gasteiger partial charge in [0, 0.05) is 13.7 Å². The van der Waals surface area contributed by atoms with Gasteiger partial charge in [0.05, 0.1) is 6.54 Å². The molecule has 3 nitrogen and oxygen atoms in total. The molecule has 0 aromatic rings. The van der Waals surface area contributed by atoms with Crippen molar-refractivity contribution < 1.29 is 4.74 Å². The summed E-state index contributed by atoms with van der Waals surface area (Å²) in [4.78, 5) is 9.83. The van der Waals surface area contributed by atoms with E-state index in [4.69, 9.17) is 4.74 Å². The first-order valence-electron chi connectivity index (χ1n) is 3.50. The van der Waals surface area contributed by atoms with Crippen molar-refractivity contribution in [3.8, 4) is 0 Å². The van der Waals surface area contributed by atoms with Crippen LogP contribution in [0, 0.1) is 16.7 Å². The van der Waals surface area contributed by atoms with E-state index in [-0.39, 0.29) is 0 Å². The highest BCUT2D eigenvalue weighted by Gasteiger charge is 2.11. The van der Waals surface area contributed by atoms with E-state index < -0.39 is 0 Å². The lowest BCUT2D eigenvalue weighted by Crippen LogP contribution is -2.15. The molecular weight excluding hydrogens is 130 g/mol. The van der Waals surface area contributed by atoms with Gasteiger partial charge < -0.3 is 4.74 Å². The van der Waals surface area contributed by atoms with Gasteiger partial charge in [-0.05, 0) is 11.8 Å². The fourth-order valence-corrected chi connectivity index (χ4v) is 0.725. The molecule has 0 radical (unpaired) electrons. The standard InChI is InChI=1S/C7H15NO2/c1-6(4-8-9)7(2)5-10-3/h6-7H,4-5H2,1-3H3/t6-,7-/m1/s1. The van der Waals surface area contributed by atoms with E-state index in [0.717, 1.165) is 0 Å². The highest BCUT2D eigenvalue weighted by atomic mass is 16.5. The maximum atomic E-state index is 9.83. The Labute approximate surface area is 61.7 Å². The maximum absolute atomic E-state index is 9.83. The largest absolute Gasteiger partial charge is 0.384 e. The Kier molecular flexibility index (Phi) is 5.12. The van der Waals surface area contributed by atoms with Crippen molar-refractivity contribution in [2.24, 2.45) is 17.0 Å². The minimum Gasteiger partial charge on any atom is -0.384 e. The Morgan fingerprint density at radius 2 is 2.00 bits per heavy atom. The van der Waals surface area contributed by atoms with Gasteiger partial charge >= 0.3 is 0 Å². The van der Waals surface area contributed by atoms with E-state index in [2.05, 4.69) is 12.1 Å². The monoisotopic (exact) mass is 145 g/mol. The van der Waals surface area contributed by atoms with Crippen LogP contribution in [0.15, 0.2) is 5.18 Å². The minimum absolute atomic E-state index is 0.331. The molecule has 0 heterocycles. The number of ether oxygens (including phenoxy) is 1. The second kappa shape index (κ2) is 5.35. The molecule has 0 bridgehead atoms. The van der Waals surface area contributed by atoms with Crippen LogP contribution in [0.5, 0.6) is 0 Å². The first-order valence-corrected chi connectivity index (χ1v) is 3.50. The summed E-state index contributed by atoms with van der Waals surface area (Å²) in [6, 6.07) is 0. The van der Waals surface area contributed by atoms with E-state index in [9.17, 15) is 4.91 Å². The smallest absolute Gasteiger partial charge is 0.0840 e. The average Bonchev–Trinajstić information content (AvgIpc) is 1.89. The lowest BCUT2D eigenvalue weighted by atomic mass is 9.97. The van der Waals surface area contributed by atoms with Crippen LogP contribution >= 0.6 is 0 Å². The topological polar surface area (TPSA) is 38.7 Å². The number of hydrogen-bond acceptors (Lipinski definition) is 3. The van der Waals surface area contributed by atoms with Gasteiger partial charge in [0.2, 0.25) is 0 Å². The van der Waals surface area contributed by atoms with E-state index in [0.29, 0.717) is 25.0 Å². The summed E-state index contributed by atoms with van der Waals surface area (Å²) < 4.78 is 4.93. The molecule has 0 unspecified atom stereocenters. The van der Waals surface area contributed by atoms with Crippen molar-refractivity contribution in [3.05, 3.63) is 4.91 Å². The van der Waals surface area contributed by atoms with Crippen LogP contribution in [0.25, 0.3) is 0 Å². The summed E-state index contributed by atoms with van der Waals surface area (Å²) in [6.45, 7) is 5.16. The van der Waals surface area contributed by atoms with Crippen molar-refractivity contribution in [1.82, 2.24) is 0 Å². The molecule has 0 spiro atoms. The van der Waals surface area contributed by atoms with Crippen molar-refractivity contribution in [2.75, 3.05) is 20.3 Å². The Morgan fingerprint density at radius 1 is 1.40 bits per heavy atom. The quantitative estimate of drug-likeness (QED) is 0.552. The van der Waals surface area contributed by atoms with Crippen LogP contribution < -0.4 is 0 Å². The molecule has 0 aromatic heterocycles. The second-order valence-electron chi connectivity index (χ2n) is 2.72. The maximum Gasteiger partial charge on any atom is 0.0840 e. The summed E-state index contributed by atoms with van der Waals surface area (Å²) in [5.74, 6) is 0.750. The lowest BCUT2D eigenvalue weighted by Gasteiger charge is -2.14. The third kappa shape index (κ3) is 3.56. The summed E-state index contributed by atoms with van der Waals surface area (Å²) >= 11 is 0. The number of nitroso groups, excluding NO2 is 1. The van der Waals surface area contributed by atoms with Crippen LogP contribution in [0.4, 0.5) is 0 Å².